The lowest BCUT2D eigenvalue weighted by Gasteiger charge is -2.30. The van der Waals surface area contributed by atoms with Crippen LogP contribution in [0.5, 0.6) is 0 Å². The summed E-state index contributed by atoms with van der Waals surface area (Å²) in [5.41, 5.74) is 4.29. The van der Waals surface area contributed by atoms with Crippen LogP contribution in [0.25, 0.3) is 0 Å². The Labute approximate surface area is 87.8 Å². The third-order valence-electron chi connectivity index (χ3n) is 6.21. The normalized spacial score (nSPS) is 60.2. The molecule has 0 aromatic rings. The Bertz CT molecular complexity index is 315. The molecule has 0 N–H and O–H groups in total. The van der Waals surface area contributed by atoms with E-state index >= 15 is 0 Å². The largest absolute Gasteiger partial charge is 0.0701 e. The maximum Gasteiger partial charge on any atom is -0.0129 e. The summed E-state index contributed by atoms with van der Waals surface area (Å²) >= 11 is 0. The zero-order chi connectivity index (χ0) is 10.2. The van der Waals surface area contributed by atoms with Gasteiger partial charge in [-0.05, 0) is 48.3 Å². The van der Waals surface area contributed by atoms with Crippen molar-refractivity contribution in [2.24, 2.45) is 35.0 Å². The van der Waals surface area contributed by atoms with E-state index < -0.39 is 0 Å². The maximum atomic E-state index is 2.48. The Morgan fingerprint density at radius 1 is 1.07 bits per heavy atom. The Morgan fingerprint density at radius 2 is 1.64 bits per heavy atom. The molecule has 14 heavy (non-hydrogen) atoms. The number of allylic oxidation sites excluding steroid dienone is 2. The lowest BCUT2D eigenvalue weighted by atomic mass is 9.75. The van der Waals surface area contributed by atoms with Crippen molar-refractivity contribution < 1.29 is 0 Å². The van der Waals surface area contributed by atoms with Gasteiger partial charge in [0.2, 0.25) is 0 Å². The molecule has 0 heteroatoms. The van der Waals surface area contributed by atoms with Gasteiger partial charge in [0, 0.05) is 0 Å². The Hall–Kier alpha value is -0.260. The van der Waals surface area contributed by atoms with Crippen molar-refractivity contribution in [1.29, 1.82) is 0 Å². The van der Waals surface area contributed by atoms with Gasteiger partial charge < -0.3 is 0 Å². The molecule has 5 atom stereocenters. The van der Waals surface area contributed by atoms with Crippen molar-refractivity contribution in [3.8, 4) is 0 Å². The quantitative estimate of drug-likeness (QED) is 0.508. The first-order valence-corrected chi connectivity index (χ1v) is 6.22. The summed E-state index contributed by atoms with van der Waals surface area (Å²) in [7, 11) is 0. The zero-order valence-electron chi connectivity index (χ0n) is 10.1. The lowest BCUT2D eigenvalue weighted by molar-refractivity contribution is 0.275. The highest BCUT2D eigenvalue weighted by Crippen LogP contribution is 2.74. The van der Waals surface area contributed by atoms with Crippen LogP contribution in [0.4, 0.5) is 0 Å². The molecule has 3 rings (SSSR count). The average Bonchev–Trinajstić information content (AvgIpc) is 2.94. The van der Waals surface area contributed by atoms with Gasteiger partial charge in [0.25, 0.3) is 0 Å². The minimum Gasteiger partial charge on any atom is -0.0701 e. The van der Waals surface area contributed by atoms with Gasteiger partial charge in [-0.3, -0.25) is 0 Å². The molecule has 2 fully saturated rings. The molecule has 2 saturated carbocycles. The first-order chi connectivity index (χ1) is 6.51. The van der Waals surface area contributed by atoms with Crippen LogP contribution in [-0.2, 0) is 0 Å². The fourth-order valence-corrected chi connectivity index (χ4v) is 4.67. The van der Waals surface area contributed by atoms with Crippen molar-refractivity contribution in [2.45, 2.75) is 41.0 Å². The van der Waals surface area contributed by atoms with Crippen molar-refractivity contribution in [3.63, 3.8) is 0 Å². The maximum absolute atomic E-state index is 2.48. The van der Waals surface area contributed by atoms with E-state index in [0.717, 1.165) is 29.6 Å². The molecule has 0 heterocycles. The van der Waals surface area contributed by atoms with Crippen LogP contribution < -0.4 is 0 Å². The molecule has 0 saturated heterocycles. The summed E-state index contributed by atoms with van der Waals surface area (Å²) in [6, 6.07) is 0. The molecule has 3 aliphatic carbocycles. The van der Waals surface area contributed by atoms with Crippen LogP contribution in [0, 0.1) is 35.0 Å². The van der Waals surface area contributed by atoms with Gasteiger partial charge in [-0.2, -0.15) is 0 Å². The number of fused-ring (bicyclic) bond motifs is 1. The van der Waals surface area contributed by atoms with E-state index in [1.165, 1.54) is 6.42 Å². The van der Waals surface area contributed by atoms with Gasteiger partial charge in [-0.1, -0.05) is 38.8 Å². The van der Waals surface area contributed by atoms with Crippen LogP contribution in [0.1, 0.15) is 41.0 Å². The average molecular weight is 190 g/mol. The van der Waals surface area contributed by atoms with E-state index in [2.05, 4.69) is 34.6 Å². The van der Waals surface area contributed by atoms with Gasteiger partial charge in [-0.15, -0.1) is 0 Å². The predicted octanol–water partition coefficient (Wildman–Crippen LogP) is 3.88. The van der Waals surface area contributed by atoms with E-state index in [9.17, 15) is 0 Å². The van der Waals surface area contributed by atoms with Crippen molar-refractivity contribution in [3.05, 3.63) is 11.1 Å². The van der Waals surface area contributed by atoms with Crippen LogP contribution in [0.3, 0.4) is 0 Å². The van der Waals surface area contributed by atoms with Gasteiger partial charge in [0.15, 0.2) is 0 Å². The summed E-state index contributed by atoms with van der Waals surface area (Å²) in [5.74, 6) is 4.72. The summed E-state index contributed by atoms with van der Waals surface area (Å²) in [6.07, 6.45) is 1.50. The SMILES string of the molecule is CC1=C2C(C)C2CC2(C1C)C(C)C2C. The molecule has 78 valence electrons. The Balaban J connectivity index is 1.99. The number of rotatable bonds is 0. The van der Waals surface area contributed by atoms with Gasteiger partial charge in [-0.25, -0.2) is 0 Å². The third kappa shape index (κ3) is 0.741. The number of hydrogen-bond donors (Lipinski definition) is 0. The summed E-state index contributed by atoms with van der Waals surface area (Å²) in [5, 5.41) is 0. The van der Waals surface area contributed by atoms with Gasteiger partial charge in [0.05, 0.1) is 0 Å². The van der Waals surface area contributed by atoms with E-state index in [-0.39, 0.29) is 0 Å². The smallest absolute Gasteiger partial charge is 0.0129 e. The molecule has 5 unspecified atom stereocenters. The second kappa shape index (κ2) is 2.28. The highest BCUT2D eigenvalue weighted by molar-refractivity contribution is 5.41. The van der Waals surface area contributed by atoms with E-state index in [1.54, 1.807) is 5.57 Å². The highest BCUT2D eigenvalue weighted by Gasteiger charge is 2.67. The second-order valence-corrected chi connectivity index (χ2v) is 6.15. The van der Waals surface area contributed by atoms with Crippen molar-refractivity contribution in [1.82, 2.24) is 0 Å². The topological polar surface area (TPSA) is 0 Å². The van der Waals surface area contributed by atoms with E-state index in [0.29, 0.717) is 5.41 Å². The van der Waals surface area contributed by atoms with E-state index in [4.69, 9.17) is 0 Å². The molecule has 3 aliphatic rings. The summed E-state index contributed by atoms with van der Waals surface area (Å²) in [4.78, 5) is 0. The third-order valence-corrected chi connectivity index (χ3v) is 6.21. The molecule has 1 spiro atoms. The van der Waals surface area contributed by atoms with Gasteiger partial charge in [0.1, 0.15) is 0 Å². The molecule has 0 aliphatic heterocycles. The monoisotopic (exact) mass is 190 g/mol. The first kappa shape index (κ1) is 9.00. The number of hydrogen-bond acceptors (Lipinski definition) is 0. The zero-order valence-corrected chi connectivity index (χ0v) is 10.1. The molecule has 0 radical (unpaired) electrons. The summed E-state index contributed by atoms with van der Waals surface area (Å²) in [6.45, 7) is 12.2. The molecular formula is C14H22. The predicted molar refractivity (Wildman–Crippen MR) is 59.9 cm³/mol. The molecule has 0 bridgehead atoms. The molecular weight excluding hydrogens is 168 g/mol. The molecule has 0 amide bonds. The molecule has 0 aromatic heterocycles. The van der Waals surface area contributed by atoms with Gasteiger partial charge >= 0.3 is 0 Å². The van der Waals surface area contributed by atoms with Crippen LogP contribution in [0.2, 0.25) is 0 Å². The van der Waals surface area contributed by atoms with Crippen LogP contribution in [-0.4, -0.2) is 0 Å². The second-order valence-electron chi connectivity index (χ2n) is 6.15. The van der Waals surface area contributed by atoms with Crippen LogP contribution in [0.15, 0.2) is 11.1 Å². The Kier molecular flexibility index (Phi) is 1.47. The highest BCUT2D eigenvalue weighted by atomic mass is 14.7. The van der Waals surface area contributed by atoms with Crippen molar-refractivity contribution in [2.75, 3.05) is 0 Å². The summed E-state index contributed by atoms with van der Waals surface area (Å²) < 4.78 is 0. The van der Waals surface area contributed by atoms with Crippen LogP contribution >= 0.6 is 0 Å². The van der Waals surface area contributed by atoms with E-state index in [1.807, 2.05) is 5.57 Å². The fourth-order valence-electron chi connectivity index (χ4n) is 4.67. The minimum absolute atomic E-state index is 0.711. The lowest BCUT2D eigenvalue weighted by Crippen LogP contribution is -2.21. The first-order valence-electron chi connectivity index (χ1n) is 6.22. The minimum atomic E-state index is 0.711. The molecule has 0 aromatic carbocycles. The Morgan fingerprint density at radius 3 is 2.14 bits per heavy atom. The van der Waals surface area contributed by atoms with Crippen molar-refractivity contribution >= 4 is 0 Å². The molecule has 0 nitrogen and oxygen atoms in total. The standard InChI is InChI=1S/C14H22/c1-7-9(3)14(10(4)11(14)5)6-12-8(2)13(7)12/h8-12H,6H2,1-5H3. The fraction of sp³-hybridized carbons (Fsp3) is 0.857.